The van der Waals surface area contributed by atoms with E-state index in [1.54, 1.807) is 12.1 Å². The molecule has 0 bridgehead atoms. The Balaban J connectivity index is 1.66. The highest BCUT2D eigenvalue weighted by Gasteiger charge is 2.24. The van der Waals surface area contributed by atoms with Crippen LogP contribution in [0, 0.1) is 6.92 Å². The fourth-order valence-electron chi connectivity index (χ4n) is 3.05. The van der Waals surface area contributed by atoms with Crippen molar-refractivity contribution in [1.82, 2.24) is 3.97 Å². The number of hydrogen-bond donors (Lipinski definition) is 1. The number of aryl methyl sites for hydroxylation is 1. The molecule has 0 saturated carbocycles. The second-order valence-electron chi connectivity index (χ2n) is 6.92. The molecule has 0 radical (unpaired) electrons. The molecule has 2 atom stereocenters. The van der Waals surface area contributed by atoms with Crippen molar-refractivity contribution in [3.63, 3.8) is 0 Å². The van der Waals surface area contributed by atoms with Gasteiger partial charge in [0, 0.05) is 19.2 Å². The summed E-state index contributed by atoms with van der Waals surface area (Å²) in [7, 11) is -3.89. The predicted octanol–water partition coefficient (Wildman–Crippen LogP) is 2.51. The van der Waals surface area contributed by atoms with Crippen LogP contribution in [0.25, 0.3) is 0 Å². The van der Waals surface area contributed by atoms with E-state index in [2.05, 4.69) is 0 Å². The van der Waals surface area contributed by atoms with E-state index in [9.17, 15) is 18.3 Å². The summed E-state index contributed by atoms with van der Waals surface area (Å²) in [5.74, 6) is -0.471. The van der Waals surface area contributed by atoms with Crippen molar-refractivity contribution in [3.8, 4) is 0 Å². The van der Waals surface area contributed by atoms with Gasteiger partial charge in [-0.05, 0) is 50.5 Å². The van der Waals surface area contributed by atoms with E-state index >= 15 is 0 Å². The first-order chi connectivity index (χ1) is 13.4. The number of ketones is 1. The number of Topliss-reactive ketones (excluding diaryl/α,β-unsaturated/α-hetero) is 1. The van der Waals surface area contributed by atoms with Gasteiger partial charge in [-0.2, -0.15) is 0 Å². The fraction of sp³-hybridized carbons (Fsp3) is 0.450. The summed E-state index contributed by atoms with van der Waals surface area (Å²) in [5, 5.41) is 10.1. The lowest BCUT2D eigenvalue weighted by atomic mass is 10.1. The van der Waals surface area contributed by atoms with Gasteiger partial charge in [0.15, 0.2) is 12.1 Å². The van der Waals surface area contributed by atoms with Crippen molar-refractivity contribution >= 4 is 15.8 Å². The van der Waals surface area contributed by atoms with Gasteiger partial charge < -0.3 is 14.6 Å². The number of hydrogen-bond acceptors (Lipinski definition) is 6. The van der Waals surface area contributed by atoms with Crippen LogP contribution in [0.15, 0.2) is 47.5 Å². The van der Waals surface area contributed by atoms with Crippen LogP contribution in [0.4, 0.5) is 0 Å². The maximum absolute atomic E-state index is 12.9. The van der Waals surface area contributed by atoms with Crippen LogP contribution in [-0.2, 0) is 19.5 Å². The van der Waals surface area contributed by atoms with Gasteiger partial charge in [0.05, 0.1) is 23.3 Å². The number of benzene rings is 1. The van der Waals surface area contributed by atoms with Crippen molar-refractivity contribution in [2.75, 3.05) is 13.2 Å². The zero-order valence-corrected chi connectivity index (χ0v) is 16.6. The second kappa shape index (κ2) is 9.00. The minimum atomic E-state index is -3.89. The minimum Gasteiger partial charge on any atom is -0.390 e. The highest BCUT2D eigenvalue weighted by Crippen LogP contribution is 2.19. The number of nitrogens with zero attached hydrogens (tertiary/aromatic N) is 1. The van der Waals surface area contributed by atoms with Crippen molar-refractivity contribution < 1.29 is 27.8 Å². The topological polar surface area (TPSA) is 94.8 Å². The Morgan fingerprint density at radius 2 is 2.04 bits per heavy atom. The third-order valence-corrected chi connectivity index (χ3v) is 6.31. The third-order valence-electron chi connectivity index (χ3n) is 4.61. The predicted molar refractivity (Wildman–Crippen MR) is 103 cm³/mol. The van der Waals surface area contributed by atoms with Gasteiger partial charge in [-0.1, -0.05) is 17.7 Å². The molecule has 0 amide bonds. The molecule has 1 fully saturated rings. The Morgan fingerprint density at radius 1 is 1.29 bits per heavy atom. The molecule has 2 heterocycles. The first-order valence-electron chi connectivity index (χ1n) is 9.32. The third kappa shape index (κ3) is 4.88. The largest absolute Gasteiger partial charge is 0.390 e. The summed E-state index contributed by atoms with van der Waals surface area (Å²) < 4.78 is 37.6. The lowest BCUT2D eigenvalue weighted by molar-refractivity contribution is -0.174. The fourth-order valence-corrected chi connectivity index (χ4v) is 4.41. The van der Waals surface area contributed by atoms with Gasteiger partial charge in [0.2, 0.25) is 0 Å². The molecule has 1 saturated heterocycles. The summed E-state index contributed by atoms with van der Waals surface area (Å²) >= 11 is 0. The summed E-state index contributed by atoms with van der Waals surface area (Å²) in [6, 6.07) is 9.35. The molecule has 1 aliphatic heterocycles. The molecule has 1 aromatic heterocycles. The summed E-state index contributed by atoms with van der Waals surface area (Å²) in [6.45, 7) is 2.45. The number of aliphatic hydroxyl groups is 1. The van der Waals surface area contributed by atoms with E-state index < -0.39 is 21.9 Å². The molecule has 7 nitrogen and oxygen atoms in total. The van der Waals surface area contributed by atoms with E-state index in [0.29, 0.717) is 6.61 Å². The lowest BCUT2D eigenvalue weighted by Gasteiger charge is -2.23. The van der Waals surface area contributed by atoms with E-state index in [4.69, 9.17) is 9.47 Å². The van der Waals surface area contributed by atoms with Crippen LogP contribution in [0.5, 0.6) is 0 Å². The Kier molecular flexibility index (Phi) is 6.66. The molecule has 3 rings (SSSR count). The average Bonchev–Trinajstić information content (AvgIpc) is 3.18. The number of aliphatic hydroxyl groups excluding tert-OH is 1. The molecule has 8 heteroatoms. The molecule has 0 aliphatic carbocycles. The van der Waals surface area contributed by atoms with Crippen LogP contribution >= 0.6 is 0 Å². The van der Waals surface area contributed by atoms with Crippen LogP contribution in [-0.4, -0.2) is 48.9 Å². The SMILES string of the molecule is Cc1ccc(S(=O)(=O)n2cccc2C(=O)CC(O)COC2CCCCO2)cc1. The lowest BCUT2D eigenvalue weighted by Crippen LogP contribution is -2.28. The number of carbonyl (C=O) groups excluding carboxylic acids is 1. The van der Waals surface area contributed by atoms with Gasteiger partial charge in [0.1, 0.15) is 0 Å². The highest BCUT2D eigenvalue weighted by atomic mass is 32.2. The highest BCUT2D eigenvalue weighted by molar-refractivity contribution is 7.90. The van der Waals surface area contributed by atoms with Crippen molar-refractivity contribution in [2.24, 2.45) is 0 Å². The van der Waals surface area contributed by atoms with E-state index in [-0.39, 0.29) is 29.9 Å². The van der Waals surface area contributed by atoms with E-state index in [1.165, 1.54) is 30.5 Å². The minimum absolute atomic E-state index is 0.00791. The maximum atomic E-state index is 12.9. The molecular weight excluding hydrogens is 382 g/mol. The van der Waals surface area contributed by atoms with E-state index in [1.807, 2.05) is 6.92 Å². The van der Waals surface area contributed by atoms with Crippen LogP contribution in [0.2, 0.25) is 0 Å². The van der Waals surface area contributed by atoms with Gasteiger partial charge in [-0.25, -0.2) is 12.4 Å². The van der Waals surface area contributed by atoms with Gasteiger partial charge >= 0.3 is 0 Å². The summed E-state index contributed by atoms with van der Waals surface area (Å²) in [4.78, 5) is 12.7. The Bertz CT molecular complexity index is 897. The Morgan fingerprint density at radius 3 is 2.71 bits per heavy atom. The van der Waals surface area contributed by atoms with Crippen LogP contribution in [0.3, 0.4) is 0 Å². The quantitative estimate of drug-likeness (QED) is 0.676. The summed E-state index contributed by atoms with van der Waals surface area (Å²) in [6.07, 6.45) is 2.46. The van der Waals surface area contributed by atoms with Crippen molar-refractivity contribution in [2.45, 2.75) is 49.9 Å². The summed E-state index contributed by atoms with van der Waals surface area (Å²) in [5.41, 5.74) is 0.946. The average molecular weight is 407 g/mol. The first-order valence-corrected chi connectivity index (χ1v) is 10.8. The molecule has 28 heavy (non-hydrogen) atoms. The number of ether oxygens (including phenoxy) is 2. The smallest absolute Gasteiger partial charge is 0.268 e. The molecular formula is C20H25NO6S. The van der Waals surface area contributed by atoms with Gasteiger partial charge in [-0.15, -0.1) is 0 Å². The Labute approximate surface area is 164 Å². The number of rotatable bonds is 8. The van der Waals surface area contributed by atoms with Gasteiger partial charge in [-0.3, -0.25) is 4.79 Å². The second-order valence-corrected chi connectivity index (χ2v) is 8.73. The van der Waals surface area contributed by atoms with Gasteiger partial charge in [0.25, 0.3) is 10.0 Å². The van der Waals surface area contributed by atoms with Crippen molar-refractivity contribution in [3.05, 3.63) is 53.9 Å². The number of carbonyl (C=O) groups is 1. The monoisotopic (exact) mass is 407 g/mol. The molecule has 1 aliphatic rings. The standard InChI is InChI=1S/C20H25NO6S/c1-15-7-9-17(10-8-15)28(24,25)21-11-4-5-18(21)19(23)13-16(22)14-27-20-6-2-3-12-26-20/h4-5,7-11,16,20,22H,2-3,6,12-14H2,1H3. The van der Waals surface area contributed by atoms with E-state index in [0.717, 1.165) is 28.8 Å². The normalized spacial score (nSPS) is 18.7. The zero-order valence-electron chi connectivity index (χ0n) is 15.8. The first kappa shape index (κ1) is 20.7. The molecule has 2 aromatic rings. The molecule has 1 N–H and O–H groups in total. The molecule has 152 valence electrons. The molecule has 0 spiro atoms. The van der Waals surface area contributed by atoms with Crippen LogP contribution in [0.1, 0.15) is 41.7 Å². The van der Waals surface area contributed by atoms with Crippen molar-refractivity contribution in [1.29, 1.82) is 0 Å². The van der Waals surface area contributed by atoms with Crippen LogP contribution < -0.4 is 0 Å². The zero-order chi connectivity index (χ0) is 20.1. The molecule has 1 aromatic carbocycles. The maximum Gasteiger partial charge on any atom is 0.268 e. The number of aromatic nitrogens is 1. The molecule has 2 unspecified atom stereocenters. The Hall–Kier alpha value is -2.00.